The Morgan fingerprint density at radius 1 is 0.789 bits per heavy atom. The molecule has 98 valence electrons. The highest BCUT2D eigenvalue weighted by Gasteiger charge is 2.39. The Bertz CT molecular complexity index is 551. The van der Waals surface area contributed by atoms with Crippen LogP contribution in [0.15, 0.2) is 60.7 Å². The number of nitrogens with zero attached hydrogens (tertiary/aromatic N) is 2. The van der Waals surface area contributed by atoms with Gasteiger partial charge in [-0.25, -0.2) is 5.50 Å². The van der Waals surface area contributed by atoms with Crippen molar-refractivity contribution in [3.63, 3.8) is 0 Å². The first kappa shape index (κ1) is 12.3. The summed E-state index contributed by atoms with van der Waals surface area (Å²) in [7, 11) is -3.04. The summed E-state index contributed by atoms with van der Waals surface area (Å²) in [5.74, 6) is 0. The minimum absolute atomic E-state index is 0.673. The van der Waals surface area contributed by atoms with Crippen LogP contribution in [-0.4, -0.2) is 13.1 Å². The van der Waals surface area contributed by atoms with Crippen LogP contribution in [0.5, 0.6) is 0 Å². The topological polar surface area (TPSA) is 49.6 Å². The molecule has 0 aliphatic carbocycles. The number of anilines is 2. The smallest absolute Gasteiger partial charge is 0.293 e. The summed E-state index contributed by atoms with van der Waals surface area (Å²) >= 11 is 0. The van der Waals surface area contributed by atoms with Gasteiger partial charge < -0.3 is 0 Å². The number of benzene rings is 2. The van der Waals surface area contributed by atoms with Crippen molar-refractivity contribution in [2.75, 3.05) is 22.4 Å². The normalized spacial score (nSPS) is 17.7. The van der Waals surface area contributed by atoms with Crippen LogP contribution in [0.2, 0.25) is 0 Å². The fraction of sp³-hybridized carbons (Fsp3) is 0.143. The molecule has 2 N–H and O–H groups in total. The van der Waals surface area contributed by atoms with Crippen LogP contribution < -0.4 is 14.8 Å². The largest absolute Gasteiger partial charge is 0.330 e. The lowest BCUT2D eigenvalue weighted by atomic mass is 10.3. The van der Waals surface area contributed by atoms with Crippen LogP contribution in [0.3, 0.4) is 0 Å². The molecular formula is C14H16N3OP. The number of hydrogen-bond acceptors (Lipinski definition) is 1. The standard InChI is InChI=1S/C14H16N3OP/c15-19(18)16(13-7-3-1-4-8-13)11-12-17(19)14-9-5-2-6-10-14/h1-10H,11-12H2,(H2,15,18). The zero-order valence-corrected chi connectivity index (χ0v) is 11.4. The molecule has 3 rings (SSSR count). The van der Waals surface area contributed by atoms with Crippen LogP contribution >= 0.6 is 7.59 Å². The number of para-hydroxylation sites is 2. The van der Waals surface area contributed by atoms with Gasteiger partial charge in [0.05, 0.1) is 0 Å². The van der Waals surface area contributed by atoms with E-state index in [0.29, 0.717) is 13.1 Å². The third kappa shape index (κ3) is 2.14. The quantitative estimate of drug-likeness (QED) is 0.854. The third-order valence-corrected chi connectivity index (χ3v) is 5.57. The molecule has 1 aliphatic heterocycles. The molecule has 2 aromatic carbocycles. The van der Waals surface area contributed by atoms with Crippen LogP contribution in [0, 0.1) is 0 Å². The summed E-state index contributed by atoms with van der Waals surface area (Å²) < 4.78 is 16.5. The van der Waals surface area contributed by atoms with E-state index < -0.39 is 7.59 Å². The van der Waals surface area contributed by atoms with Gasteiger partial charge in [0.25, 0.3) is 0 Å². The maximum Gasteiger partial charge on any atom is 0.330 e. The first-order valence-electron chi connectivity index (χ1n) is 6.24. The van der Waals surface area contributed by atoms with E-state index >= 15 is 0 Å². The highest BCUT2D eigenvalue weighted by molar-refractivity contribution is 7.65. The molecule has 1 heterocycles. The van der Waals surface area contributed by atoms with E-state index in [0.717, 1.165) is 11.4 Å². The van der Waals surface area contributed by atoms with Crippen molar-refractivity contribution in [1.82, 2.24) is 0 Å². The van der Waals surface area contributed by atoms with E-state index in [9.17, 15) is 4.57 Å². The molecule has 1 saturated heterocycles. The van der Waals surface area contributed by atoms with Crippen molar-refractivity contribution in [2.24, 2.45) is 5.50 Å². The maximum absolute atomic E-state index is 12.9. The van der Waals surface area contributed by atoms with E-state index in [-0.39, 0.29) is 0 Å². The SMILES string of the molecule is NP1(=O)N(c2ccccc2)CCN1c1ccccc1. The van der Waals surface area contributed by atoms with Gasteiger partial charge in [-0.15, -0.1) is 0 Å². The second kappa shape index (κ2) is 4.72. The minimum Gasteiger partial charge on any atom is -0.293 e. The van der Waals surface area contributed by atoms with E-state index in [1.165, 1.54) is 0 Å². The van der Waals surface area contributed by atoms with Gasteiger partial charge in [-0.3, -0.25) is 13.9 Å². The van der Waals surface area contributed by atoms with Crippen molar-refractivity contribution in [1.29, 1.82) is 0 Å². The number of rotatable bonds is 2. The predicted molar refractivity (Wildman–Crippen MR) is 79.4 cm³/mol. The molecule has 0 spiro atoms. The molecule has 4 nitrogen and oxygen atoms in total. The van der Waals surface area contributed by atoms with E-state index in [4.69, 9.17) is 5.50 Å². The molecule has 0 amide bonds. The van der Waals surface area contributed by atoms with Crippen molar-refractivity contribution >= 4 is 19.0 Å². The average Bonchev–Trinajstić information content (AvgIpc) is 2.76. The van der Waals surface area contributed by atoms with Crippen LogP contribution in [-0.2, 0) is 4.57 Å². The summed E-state index contributed by atoms with van der Waals surface area (Å²) in [5.41, 5.74) is 7.96. The maximum atomic E-state index is 12.9. The fourth-order valence-corrected chi connectivity index (χ4v) is 4.34. The Labute approximate surface area is 113 Å². The Hall–Kier alpha value is -1.77. The van der Waals surface area contributed by atoms with Crippen molar-refractivity contribution < 1.29 is 4.57 Å². The summed E-state index contributed by atoms with van der Waals surface area (Å²) in [6.45, 7) is 1.35. The van der Waals surface area contributed by atoms with Gasteiger partial charge >= 0.3 is 7.59 Å². The third-order valence-electron chi connectivity index (χ3n) is 3.32. The molecule has 5 heteroatoms. The van der Waals surface area contributed by atoms with Crippen molar-refractivity contribution in [2.45, 2.75) is 0 Å². The van der Waals surface area contributed by atoms with Gasteiger partial charge in [-0.2, -0.15) is 0 Å². The summed E-state index contributed by atoms with van der Waals surface area (Å²) in [4.78, 5) is 0. The van der Waals surface area contributed by atoms with E-state index in [1.54, 1.807) is 9.34 Å². The Morgan fingerprint density at radius 3 is 1.53 bits per heavy atom. The Balaban J connectivity index is 1.95. The van der Waals surface area contributed by atoms with E-state index in [1.807, 2.05) is 60.7 Å². The first-order valence-corrected chi connectivity index (χ1v) is 7.92. The first-order chi connectivity index (χ1) is 9.19. The molecule has 0 radical (unpaired) electrons. The summed E-state index contributed by atoms with van der Waals surface area (Å²) in [6, 6.07) is 19.4. The zero-order chi connectivity index (χ0) is 13.3. The lowest BCUT2D eigenvalue weighted by molar-refractivity contribution is 0.576. The van der Waals surface area contributed by atoms with Gasteiger partial charge in [-0.05, 0) is 24.3 Å². The van der Waals surface area contributed by atoms with Crippen LogP contribution in [0.25, 0.3) is 0 Å². The summed E-state index contributed by atoms with van der Waals surface area (Å²) in [5, 5.41) is 0. The molecular weight excluding hydrogens is 257 g/mol. The fourth-order valence-electron chi connectivity index (χ4n) is 2.40. The van der Waals surface area contributed by atoms with Gasteiger partial charge in [0.15, 0.2) is 0 Å². The molecule has 2 aromatic rings. The Morgan fingerprint density at radius 2 is 1.16 bits per heavy atom. The average molecular weight is 273 g/mol. The monoisotopic (exact) mass is 273 g/mol. The van der Waals surface area contributed by atoms with Crippen LogP contribution in [0.1, 0.15) is 0 Å². The highest BCUT2D eigenvalue weighted by Crippen LogP contribution is 2.53. The van der Waals surface area contributed by atoms with Gasteiger partial charge in [0.2, 0.25) is 0 Å². The van der Waals surface area contributed by atoms with Crippen molar-refractivity contribution in [3.8, 4) is 0 Å². The lowest BCUT2D eigenvalue weighted by Gasteiger charge is -2.28. The van der Waals surface area contributed by atoms with Crippen molar-refractivity contribution in [3.05, 3.63) is 60.7 Å². The number of hydrogen-bond donors (Lipinski definition) is 1. The molecule has 0 saturated carbocycles. The minimum atomic E-state index is -3.04. The predicted octanol–water partition coefficient (Wildman–Crippen LogP) is 3.08. The second-order valence-corrected chi connectivity index (χ2v) is 6.65. The molecule has 0 aromatic heterocycles. The molecule has 19 heavy (non-hydrogen) atoms. The second-order valence-electron chi connectivity index (χ2n) is 4.51. The summed E-state index contributed by atoms with van der Waals surface area (Å²) in [6.07, 6.45) is 0. The van der Waals surface area contributed by atoms with E-state index in [2.05, 4.69) is 0 Å². The molecule has 0 atom stereocenters. The lowest BCUT2D eigenvalue weighted by Crippen LogP contribution is -2.24. The van der Waals surface area contributed by atoms with Gasteiger partial charge in [-0.1, -0.05) is 36.4 Å². The van der Waals surface area contributed by atoms with Gasteiger partial charge in [0.1, 0.15) is 0 Å². The Kier molecular flexibility index (Phi) is 3.05. The highest BCUT2D eigenvalue weighted by atomic mass is 31.2. The molecule has 0 unspecified atom stereocenters. The molecule has 1 aliphatic rings. The van der Waals surface area contributed by atoms with Gasteiger partial charge in [0, 0.05) is 24.5 Å². The molecule has 0 bridgehead atoms. The van der Waals surface area contributed by atoms with Crippen LogP contribution in [0.4, 0.5) is 11.4 Å². The number of nitrogens with two attached hydrogens (primary N) is 1. The zero-order valence-electron chi connectivity index (χ0n) is 10.5. The molecule has 1 fully saturated rings.